The van der Waals surface area contributed by atoms with Gasteiger partial charge in [0.1, 0.15) is 0 Å². The Kier molecular flexibility index (Phi) is 4.22. The standard InChI is InChI=1S/C13H27N3/c1-15-8-6-11(10-15)7-9-16(2)13-5-3-4-12(13)14/h11-13H,3-10,14H2,1-2H3. The molecule has 2 rings (SSSR count). The molecule has 1 saturated carbocycles. The van der Waals surface area contributed by atoms with Gasteiger partial charge in [-0.25, -0.2) is 0 Å². The van der Waals surface area contributed by atoms with Crippen LogP contribution in [0, 0.1) is 5.92 Å². The molecule has 16 heavy (non-hydrogen) atoms. The van der Waals surface area contributed by atoms with Crippen LogP contribution in [-0.4, -0.2) is 55.6 Å². The molecular weight excluding hydrogens is 198 g/mol. The number of hydrogen-bond donors (Lipinski definition) is 1. The maximum absolute atomic E-state index is 6.14. The lowest BCUT2D eigenvalue weighted by atomic mass is 10.0. The fourth-order valence-corrected chi connectivity index (χ4v) is 3.33. The molecule has 0 aromatic heterocycles. The third-order valence-corrected chi connectivity index (χ3v) is 4.48. The van der Waals surface area contributed by atoms with Crippen molar-refractivity contribution in [3.8, 4) is 0 Å². The molecule has 1 aliphatic heterocycles. The number of hydrogen-bond acceptors (Lipinski definition) is 3. The minimum atomic E-state index is 0.427. The Morgan fingerprint density at radius 3 is 2.69 bits per heavy atom. The molecule has 3 unspecified atom stereocenters. The molecule has 3 nitrogen and oxygen atoms in total. The molecule has 3 heteroatoms. The zero-order chi connectivity index (χ0) is 11.5. The van der Waals surface area contributed by atoms with Crippen molar-refractivity contribution in [2.45, 2.75) is 44.2 Å². The van der Waals surface area contributed by atoms with Gasteiger partial charge in [0.25, 0.3) is 0 Å². The molecule has 1 heterocycles. The Bertz CT molecular complexity index is 219. The molecule has 2 N–H and O–H groups in total. The van der Waals surface area contributed by atoms with E-state index in [-0.39, 0.29) is 0 Å². The van der Waals surface area contributed by atoms with E-state index in [9.17, 15) is 0 Å². The third kappa shape index (κ3) is 2.96. The summed E-state index contributed by atoms with van der Waals surface area (Å²) in [5.74, 6) is 0.921. The molecule has 0 radical (unpaired) electrons. The van der Waals surface area contributed by atoms with Crippen molar-refractivity contribution in [2.24, 2.45) is 11.7 Å². The highest BCUT2D eigenvalue weighted by atomic mass is 15.2. The van der Waals surface area contributed by atoms with Crippen LogP contribution in [0.3, 0.4) is 0 Å². The first-order valence-corrected chi connectivity index (χ1v) is 6.81. The monoisotopic (exact) mass is 225 g/mol. The highest BCUT2D eigenvalue weighted by Gasteiger charge is 2.28. The Balaban J connectivity index is 1.69. The first-order valence-electron chi connectivity index (χ1n) is 6.81. The van der Waals surface area contributed by atoms with Gasteiger partial charge < -0.3 is 15.5 Å². The van der Waals surface area contributed by atoms with Crippen molar-refractivity contribution >= 4 is 0 Å². The number of rotatable bonds is 4. The van der Waals surface area contributed by atoms with E-state index in [2.05, 4.69) is 23.9 Å². The summed E-state index contributed by atoms with van der Waals surface area (Å²) in [6.07, 6.45) is 6.59. The summed E-state index contributed by atoms with van der Waals surface area (Å²) in [6, 6.07) is 1.08. The molecule has 0 aromatic rings. The average molecular weight is 225 g/mol. The maximum atomic E-state index is 6.14. The van der Waals surface area contributed by atoms with Gasteiger partial charge in [0.05, 0.1) is 0 Å². The van der Waals surface area contributed by atoms with Gasteiger partial charge >= 0.3 is 0 Å². The van der Waals surface area contributed by atoms with Crippen LogP contribution in [0.4, 0.5) is 0 Å². The van der Waals surface area contributed by atoms with Gasteiger partial charge in [0, 0.05) is 18.6 Å². The summed E-state index contributed by atoms with van der Waals surface area (Å²) in [7, 11) is 4.49. The van der Waals surface area contributed by atoms with Gasteiger partial charge in [-0.15, -0.1) is 0 Å². The highest BCUT2D eigenvalue weighted by molar-refractivity contribution is 4.87. The summed E-state index contributed by atoms with van der Waals surface area (Å²) in [4.78, 5) is 4.96. The van der Waals surface area contributed by atoms with Crippen LogP contribution in [-0.2, 0) is 0 Å². The van der Waals surface area contributed by atoms with Crippen molar-refractivity contribution in [1.29, 1.82) is 0 Å². The number of likely N-dealkylation sites (tertiary alicyclic amines) is 1. The second kappa shape index (κ2) is 5.48. The molecular formula is C13H27N3. The van der Waals surface area contributed by atoms with E-state index in [0.717, 1.165) is 5.92 Å². The summed E-state index contributed by atoms with van der Waals surface area (Å²) >= 11 is 0. The molecule has 0 aromatic carbocycles. The molecule has 0 bridgehead atoms. The van der Waals surface area contributed by atoms with E-state index in [4.69, 9.17) is 5.73 Å². The van der Waals surface area contributed by atoms with Crippen LogP contribution in [0.1, 0.15) is 32.1 Å². The van der Waals surface area contributed by atoms with Gasteiger partial charge in [-0.1, -0.05) is 6.42 Å². The minimum absolute atomic E-state index is 0.427. The average Bonchev–Trinajstić information content (AvgIpc) is 2.84. The first-order chi connectivity index (χ1) is 7.66. The molecule has 3 atom stereocenters. The fraction of sp³-hybridized carbons (Fsp3) is 1.00. The fourth-order valence-electron chi connectivity index (χ4n) is 3.33. The highest BCUT2D eigenvalue weighted by Crippen LogP contribution is 2.23. The molecule has 94 valence electrons. The van der Waals surface area contributed by atoms with E-state index >= 15 is 0 Å². The molecule has 1 aliphatic carbocycles. The second-order valence-corrected chi connectivity index (χ2v) is 5.85. The van der Waals surface area contributed by atoms with Crippen LogP contribution in [0.5, 0.6) is 0 Å². The first kappa shape index (κ1) is 12.3. The maximum Gasteiger partial charge on any atom is 0.0244 e. The van der Waals surface area contributed by atoms with Crippen LogP contribution < -0.4 is 5.73 Å². The summed E-state index contributed by atoms with van der Waals surface area (Å²) in [5, 5.41) is 0. The zero-order valence-corrected chi connectivity index (χ0v) is 10.9. The van der Waals surface area contributed by atoms with E-state index < -0.39 is 0 Å². The van der Waals surface area contributed by atoms with Gasteiger partial charge in [-0.2, -0.15) is 0 Å². The lowest BCUT2D eigenvalue weighted by Gasteiger charge is -2.28. The molecule has 1 saturated heterocycles. The van der Waals surface area contributed by atoms with Gasteiger partial charge in [0.15, 0.2) is 0 Å². The Labute approximate surface area is 100.0 Å². The topological polar surface area (TPSA) is 32.5 Å². The quantitative estimate of drug-likeness (QED) is 0.779. The van der Waals surface area contributed by atoms with Crippen molar-refractivity contribution < 1.29 is 0 Å². The lowest BCUT2D eigenvalue weighted by molar-refractivity contribution is 0.212. The largest absolute Gasteiger partial charge is 0.326 e. The van der Waals surface area contributed by atoms with E-state index in [1.807, 2.05) is 0 Å². The van der Waals surface area contributed by atoms with Crippen LogP contribution in [0.2, 0.25) is 0 Å². The lowest BCUT2D eigenvalue weighted by Crippen LogP contribution is -2.42. The molecule has 2 fully saturated rings. The number of nitrogens with zero attached hydrogens (tertiary/aromatic N) is 2. The summed E-state index contributed by atoms with van der Waals surface area (Å²) < 4.78 is 0. The number of nitrogens with two attached hydrogens (primary N) is 1. The minimum Gasteiger partial charge on any atom is -0.326 e. The van der Waals surface area contributed by atoms with Gasteiger partial charge in [-0.3, -0.25) is 0 Å². The van der Waals surface area contributed by atoms with Crippen molar-refractivity contribution in [3.05, 3.63) is 0 Å². The smallest absolute Gasteiger partial charge is 0.0244 e. The SMILES string of the molecule is CN1CCC(CCN(C)C2CCCC2N)C1. The Morgan fingerprint density at radius 1 is 1.31 bits per heavy atom. The van der Waals surface area contributed by atoms with Crippen molar-refractivity contribution in [2.75, 3.05) is 33.7 Å². The zero-order valence-electron chi connectivity index (χ0n) is 10.9. The van der Waals surface area contributed by atoms with Gasteiger partial charge in [-0.05, 0) is 58.8 Å². The predicted molar refractivity (Wildman–Crippen MR) is 68.5 cm³/mol. The second-order valence-electron chi connectivity index (χ2n) is 5.85. The normalized spacial score (nSPS) is 36.4. The molecule has 0 spiro atoms. The van der Waals surface area contributed by atoms with E-state index in [1.165, 1.54) is 51.7 Å². The predicted octanol–water partition coefficient (Wildman–Crippen LogP) is 1.14. The van der Waals surface area contributed by atoms with Gasteiger partial charge in [0.2, 0.25) is 0 Å². The molecule has 2 aliphatic rings. The summed E-state index contributed by atoms with van der Waals surface area (Å²) in [5.41, 5.74) is 6.14. The van der Waals surface area contributed by atoms with Crippen LogP contribution in [0.25, 0.3) is 0 Å². The Morgan fingerprint density at radius 2 is 2.12 bits per heavy atom. The van der Waals surface area contributed by atoms with Crippen LogP contribution >= 0.6 is 0 Å². The van der Waals surface area contributed by atoms with E-state index in [0.29, 0.717) is 12.1 Å². The third-order valence-electron chi connectivity index (χ3n) is 4.48. The Hall–Kier alpha value is -0.120. The van der Waals surface area contributed by atoms with Crippen molar-refractivity contribution in [3.63, 3.8) is 0 Å². The van der Waals surface area contributed by atoms with E-state index in [1.54, 1.807) is 0 Å². The van der Waals surface area contributed by atoms with Crippen molar-refractivity contribution in [1.82, 2.24) is 9.80 Å². The summed E-state index contributed by atoms with van der Waals surface area (Å²) in [6.45, 7) is 3.82. The molecule has 0 amide bonds. The van der Waals surface area contributed by atoms with Crippen LogP contribution in [0.15, 0.2) is 0 Å². The number of likely N-dealkylation sites (N-methyl/N-ethyl adjacent to an activating group) is 1.